The summed E-state index contributed by atoms with van der Waals surface area (Å²) < 4.78 is 10.1. The van der Waals surface area contributed by atoms with Gasteiger partial charge in [0.05, 0.1) is 13.7 Å². The molecular formula is C13H15ClO3. The molecule has 1 aromatic rings. The molecule has 17 heavy (non-hydrogen) atoms. The van der Waals surface area contributed by atoms with E-state index in [4.69, 9.17) is 21.1 Å². The second kappa shape index (κ2) is 4.57. The Morgan fingerprint density at radius 3 is 2.65 bits per heavy atom. The first-order valence-corrected chi connectivity index (χ1v) is 5.99. The van der Waals surface area contributed by atoms with Crippen molar-refractivity contribution < 1.29 is 14.3 Å². The van der Waals surface area contributed by atoms with Crippen LogP contribution in [0, 0.1) is 0 Å². The maximum atomic E-state index is 11.7. The van der Waals surface area contributed by atoms with Gasteiger partial charge in [-0.2, -0.15) is 0 Å². The molecule has 0 aliphatic heterocycles. The van der Waals surface area contributed by atoms with E-state index >= 15 is 0 Å². The Morgan fingerprint density at radius 2 is 2.12 bits per heavy atom. The smallest absolute Gasteiger partial charge is 0.327 e. The van der Waals surface area contributed by atoms with Crippen molar-refractivity contribution in [1.82, 2.24) is 0 Å². The number of ether oxygens (including phenoxy) is 2. The molecule has 3 nitrogen and oxygen atoms in total. The number of benzene rings is 1. The zero-order valence-electron chi connectivity index (χ0n) is 9.90. The summed E-state index contributed by atoms with van der Waals surface area (Å²) in [7, 11) is 1.62. The SMILES string of the molecule is CCOC(=O)C1(Cl)CC1c1ccc(OC)cc1. The van der Waals surface area contributed by atoms with Gasteiger partial charge in [-0.05, 0) is 31.0 Å². The number of carbonyl (C=O) groups excluding carboxylic acids is 1. The second-order valence-corrected chi connectivity index (χ2v) is 4.79. The Balaban J connectivity index is 2.08. The minimum Gasteiger partial charge on any atom is -0.497 e. The Labute approximate surface area is 106 Å². The van der Waals surface area contributed by atoms with Crippen molar-refractivity contribution in [3.05, 3.63) is 29.8 Å². The summed E-state index contributed by atoms with van der Waals surface area (Å²) >= 11 is 6.24. The zero-order chi connectivity index (χ0) is 12.5. The van der Waals surface area contributed by atoms with Crippen molar-refractivity contribution in [1.29, 1.82) is 0 Å². The maximum absolute atomic E-state index is 11.7. The van der Waals surface area contributed by atoms with Crippen molar-refractivity contribution in [3.8, 4) is 5.75 Å². The minimum atomic E-state index is -0.857. The summed E-state index contributed by atoms with van der Waals surface area (Å²) in [5, 5.41) is 0. The van der Waals surface area contributed by atoms with Gasteiger partial charge >= 0.3 is 5.97 Å². The van der Waals surface area contributed by atoms with E-state index < -0.39 is 4.87 Å². The number of carbonyl (C=O) groups is 1. The van der Waals surface area contributed by atoms with Crippen LogP contribution in [0.5, 0.6) is 5.75 Å². The highest BCUT2D eigenvalue weighted by atomic mass is 35.5. The third kappa shape index (κ3) is 2.25. The third-order valence-corrected chi connectivity index (χ3v) is 3.60. The summed E-state index contributed by atoms with van der Waals surface area (Å²) in [5.74, 6) is 0.530. The normalized spacial score (nSPS) is 26.4. The first kappa shape index (κ1) is 12.2. The van der Waals surface area contributed by atoms with Crippen LogP contribution in [0.1, 0.15) is 24.8 Å². The number of rotatable bonds is 4. The molecule has 0 aromatic heterocycles. The molecule has 2 unspecified atom stereocenters. The zero-order valence-corrected chi connectivity index (χ0v) is 10.7. The average Bonchev–Trinajstić information content (AvgIpc) is 3.04. The van der Waals surface area contributed by atoms with Crippen LogP contribution >= 0.6 is 11.6 Å². The minimum absolute atomic E-state index is 0.0501. The molecule has 1 aliphatic carbocycles. The summed E-state index contributed by atoms with van der Waals surface area (Å²) in [5.41, 5.74) is 1.05. The summed E-state index contributed by atoms with van der Waals surface area (Å²) in [6.45, 7) is 2.14. The van der Waals surface area contributed by atoms with Gasteiger partial charge in [0.15, 0.2) is 0 Å². The van der Waals surface area contributed by atoms with E-state index in [9.17, 15) is 4.79 Å². The van der Waals surface area contributed by atoms with Crippen LogP contribution in [0.4, 0.5) is 0 Å². The molecule has 0 saturated heterocycles. The number of halogens is 1. The van der Waals surface area contributed by atoms with Gasteiger partial charge in [-0.3, -0.25) is 4.79 Å². The van der Waals surface area contributed by atoms with E-state index in [2.05, 4.69) is 0 Å². The number of hydrogen-bond acceptors (Lipinski definition) is 3. The predicted molar refractivity (Wildman–Crippen MR) is 65.6 cm³/mol. The molecule has 0 spiro atoms. The van der Waals surface area contributed by atoms with Gasteiger partial charge in [0, 0.05) is 5.92 Å². The fraction of sp³-hybridized carbons (Fsp3) is 0.462. The van der Waals surface area contributed by atoms with Crippen LogP contribution < -0.4 is 4.74 Å². The molecule has 4 heteroatoms. The summed E-state index contributed by atoms with van der Waals surface area (Å²) in [6.07, 6.45) is 0.639. The standard InChI is InChI=1S/C13H15ClO3/c1-3-17-12(15)13(14)8-11(13)9-4-6-10(16-2)7-5-9/h4-7,11H,3,8H2,1-2H3. The van der Waals surface area contributed by atoms with Crippen molar-refractivity contribution in [2.24, 2.45) is 0 Å². The Bertz CT molecular complexity index is 415. The van der Waals surface area contributed by atoms with Crippen molar-refractivity contribution in [3.63, 3.8) is 0 Å². The number of hydrogen-bond donors (Lipinski definition) is 0. The van der Waals surface area contributed by atoms with E-state index in [0.29, 0.717) is 13.0 Å². The lowest BCUT2D eigenvalue weighted by molar-refractivity contribution is -0.143. The van der Waals surface area contributed by atoms with Gasteiger partial charge in [0.2, 0.25) is 0 Å². The fourth-order valence-corrected chi connectivity index (χ4v) is 2.27. The lowest BCUT2D eigenvalue weighted by Gasteiger charge is -2.08. The summed E-state index contributed by atoms with van der Waals surface area (Å²) in [4.78, 5) is 10.8. The Morgan fingerprint density at radius 1 is 1.47 bits per heavy atom. The molecule has 1 saturated carbocycles. The Hall–Kier alpha value is -1.22. The van der Waals surface area contributed by atoms with E-state index in [1.165, 1.54) is 0 Å². The predicted octanol–water partition coefficient (Wildman–Crippen LogP) is 2.72. The molecule has 0 amide bonds. The van der Waals surface area contributed by atoms with Gasteiger partial charge in [0.25, 0.3) is 0 Å². The maximum Gasteiger partial charge on any atom is 0.327 e. The fourth-order valence-electron chi connectivity index (χ4n) is 1.93. The molecule has 2 atom stereocenters. The van der Waals surface area contributed by atoms with Crippen LogP contribution in [0.3, 0.4) is 0 Å². The van der Waals surface area contributed by atoms with E-state index in [1.807, 2.05) is 24.3 Å². The largest absolute Gasteiger partial charge is 0.497 e. The third-order valence-electron chi connectivity index (χ3n) is 3.03. The highest BCUT2D eigenvalue weighted by molar-refractivity contribution is 6.37. The van der Waals surface area contributed by atoms with Crippen LogP contribution in [0.15, 0.2) is 24.3 Å². The number of alkyl halides is 1. The summed E-state index contributed by atoms with van der Waals surface area (Å²) in [6, 6.07) is 7.62. The molecular weight excluding hydrogens is 240 g/mol. The molecule has 0 N–H and O–H groups in total. The van der Waals surface area contributed by atoms with Gasteiger partial charge in [0.1, 0.15) is 10.6 Å². The lowest BCUT2D eigenvalue weighted by Crippen LogP contribution is -2.21. The molecule has 92 valence electrons. The molecule has 0 radical (unpaired) electrons. The second-order valence-electron chi connectivity index (χ2n) is 4.11. The highest BCUT2D eigenvalue weighted by Gasteiger charge is 2.60. The van der Waals surface area contributed by atoms with E-state index in [-0.39, 0.29) is 11.9 Å². The molecule has 0 heterocycles. The topological polar surface area (TPSA) is 35.5 Å². The molecule has 2 rings (SSSR count). The first-order valence-electron chi connectivity index (χ1n) is 5.62. The van der Waals surface area contributed by atoms with Gasteiger partial charge in [-0.15, -0.1) is 11.6 Å². The molecule has 1 fully saturated rings. The van der Waals surface area contributed by atoms with E-state index in [1.54, 1.807) is 14.0 Å². The van der Waals surface area contributed by atoms with Gasteiger partial charge in [-0.1, -0.05) is 12.1 Å². The Kier molecular flexibility index (Phi) is 3.29. The van der Waals surface area contributed by atoms with Crippen molar-refractivity contribution in [2.75, 3.05) is 13.7 Å². The van der Waals surface area contributed by atoms with Gasteiger partial charge in [-0.25, -0.2) is 0 Å². The van der Waals surface area contributed by atoms with Crippen molar-refractivity contribution >= 4 is 17.6 Å². The number of methoxy groups -OCH3 is 1. The van der Waals surface area contributed by atoms with E-state index in [0.717, 1.165) is 11.3 Å². The lowest BCUT2D eigenvalue weighted by atomic mass is 10.1. The molecule has 0 bridgehead atoms. The average molecular weight is 255 g/mol. The van der Waals surface area contributed by atoms with Gasteiger partial charge < -0.3 is 9.47 Å². The van der Waals surface area contributed by atoms with Crippen LogP contribution in [-0.2, 0) is 9.53 Å². The first-order chi connectivity index (χ1) is 8.11. The van der Waals surface area contributed by atoms with Crippen LogP contribution in [0.25, 0.3) is 0 Å². The quantitative estimate of drug-likeness (QED) is 0.612. The van der Waals surface area contributed by atoms with Crippen LogP contribution in [-0.4, -0.2) is 24.6 Å². The number of esters is 1. The monoisotopic (exact) mass is 254 g/mol. The van der Waals surface area contributed by atoms with Crippen LogP contribution in [0.2, 0.25) is 0 Å². The molecule has 1 aliphatic rings. The highest BCUT2D eigenvalue weighted by Crippen LogP contribution is 2.57. The van der Waals surface area contributed by atoms with Crippen molar-refractivity contribution in [2.45, 2.75) is 24.1 Å². The molecule has 1 aromatic carbocycles.